The van der Waals surface area contributed by atoms with Crippen molar-refractivity contribution in [3.63, 3.8) is 0 Å². The molecule has 1 atom stereocenters. The molecule has 0 N–H and O–H groups in total. The predicted octanol–water partition coefficient (Wildman–Crippen LogP) is 1.22. The topological polar surface area (TPSA) is 31.7 Å². The molecule has 6 heteroatoms. The van der Waals surface area contributed by atoms with Crippen molar-refractivity contribution in [1.29, 1.82) is 0 Å². The zero-order valence-electron chi connectivity index (χ0n) is 7.16. The van der Waals surface area contributed by atoms with Crippen molar-refractivity contribution in [2.45, 2.75) is 5.37 Å². The van der Waals surface area contributed by atoms with Crippen LogP contribution in [0.15, 0.2) is 16.0 Å². The van der Waals surface area contributed by atoms with Gasteiger partial charge in [-0.25, -0.2) is 4.98 Å². The second-order valence-corrected chi connectivity index (χ2v) is 4.06. The third-order valence-electron chi connectivity index (χ3n) is 1.76. The average Bonchev–Trinajstić information content (AvgIpc) is 2.72. The lowest BCUT2D eigenvalue weighted by Crippen LogP contribution is -2.24. The minimum Gasteiger partial charge on any atom is -0.345 e. The molecule has 1 unspecified atom stereocenters. The third-order valence-corrected chi connectivity index (χ3v) is 2.90. The Hall–Kier alpha value is -0.750. The molecule has 0 saturated carbocycles. The number of thiazole rings is 1. The molecule has 1 aromatic rings. The van der Waals surface area contributed by atoms with Gasteiger partial charge < -0.3 is 4.90 Å². The lowest BCUT2D eigenvalue weighted by Gasteiger charge is -2.20. The van der Waals surface area contributed by atoms with E-state index in [0.29, 0.717) is 0 Å². The summed E-state index contributed by atoms with van der Waals surface area (Å²) in [5.41, 5.74) is 2.77. The van der Waals surface area contributed by atoms with Crippen molar-refractivity contribution in [2.24, 2.45) is 5.10 Å². The van der Waals surface area contributed by atoms with Crippen LogP contribution in [0.3, 0.4) is 0 Å². The zero-order chi connectivity index (χ0) is 9.26. The molecular weight excluding hydrogens is 204 g/mol. The Labute approximate surface area is 86.3 Å². The largest absolute Gasteiger partial charge is 0.345 e. The fourth-order valence-electron chi connectivity index (χ4n) is 1.10. The minimum absolute atomic E-state index is 0.0348. The Morgan fingerprint density at radius 1 is 1.69 bits per heavy atom. The monoisotopic (exact) mass is 214 g/mol. The van der Waals surface area contributed by atoms with Gasteiger partial charge in [0.2, 0.25) is 0 Å². The Morgan fingerprint density at radius 2 is 2.54 bits per heavy atom. The van der Waals surface area contributed by atoms with E-state index >= 15 is 0 Å². The van der Waals surface area contributed by atoms with Crippen LogP contribution in [0.25, 0.3) is 0 Å². The first-order valence-corrected chi connectivity index (χ1v) is 5.30. The number of nitrogens with zero attached hydrogens (tertiary/aromatic N) is 4. The highest BCUT2D eigenvalue weighted by atomic mass is 32.1. The molecule has 0 spiro atoms. The van der Waals surface area contributed by atoms with Gasteiger partial charge in [0.15, 0.2) is 0 Å². The summed E-state index contributed by atoms with van der Waals surface area (Å²) in [7, 11) is 1.98. The number of rotatable bonds is 2. The van der Waals surface area contributed by atoms with Gasteiger partial charge >= 0.3 is 0 Å². The lowest BCUT2D eigenvalue weighted by molar-refractivity contribution is 0.237. The smallest absolute Gasteiger partial charge is 0.134 e. The van der Waals surface area contributed by atoms with Gasteiger partial charge in [0.1, 0.15) is 18.4 Å². The summed E-state index contributed by atoms with van der Waals surface area (Å²) in [5, 5.41) is 8.04. The first-order chi connectivity index (χ1) is 6.27. The Kier molecular flexibility index (Phi) is 2.41. The Bertz CT molecular complexity index is 297. The van der Waals surface area contributed by atoms with Crippen molar-refractivity contribution < 1.29 is 0 Å². The molecule has 0 aliphatic carbocycles. The van der Waals surface area contributed by atoms with Crippen LogP contribution in [-0.4, -0.2) is 34.9 Å². The molecule has 1 aliphatic rings. The van der Waals surface area contributed by atoms with Crippen LogP contribution in [0.4, 0.5) is 0 Å². The van der Waals surface area contributed by atoms with Crippen molar-refractivity contribution >= 4 is 30.3 Å². The maximum Gasteiger partial charge on any atom is 0.134 e. The highest BCUT2D eigenvalue weighted by molar-refractivity contribution is 7.80. The number of hydrogen-bond acceptors (Lipinski definition) is 6. The molecule has 4 nitrogen and oxygen atoms in total. The van der Waals surface area contributed by atoms with E-state index in [-0.39, 0.29) is 5.37 Å². The lowest BCUT2D eigenvalue weighted by atomic mass is 10.5. The fourth-order valence-corrected chi connectivity index (χ4v) is 2.05. The summed E-state index contributed by atoms with van der Waals surface area (Å²) in [6.45, 7) is 0.770. The minimum atomic E-state index is -0.0348. The van der Waals surface area contributed by atoms with Crippen molar-refractivity contribution in [3.05, 3.63) is 16.6 Å². The van der Waals surface area contributed by atoms with E-state index in [9.17, 15) is 0 Å². The number of thiol groups is 1. The molecule has 0 saturated heterocycles. The molecule has 0 bridgehead atoms. The summed E-state index contributed by atoms with van der Waals surface area (Å²) >= 11 is 6.03. The summed E-state index contributed by atoms with van der Waals surface area (Å²) < 4.78 is 0. The maximum absolute atomic E-state index is 4.45. The molecule has 0 fully saturated rings. The van der Waals surface area contributed by atoms with Crippen LogP contribution in [0, 0.1) is 0 Å². The molecule has 1 aliphatic heterocycles. The van der Waals surface area contributed by atoms with Gasteiger partial charge in [-0.15, -0.1) is 24.0 Å². The van der Waals surface area contributed by atoms with E-state index in [2.05, 4.69) is 22.7 Å². The van der Waals surface area contributed by atoms with Gasteiger partial charge in [-0.2, -0.15) is 5.10 Å². The second-order valence-electron chi connectivity index (χ2n) is 2.86. The third kappa shape index (κ3) is 1.78. The van der Waals surface area contributed by atoms with Gasteiger partial charge in [-0.05, 0) is 0 Å². The van der Waals surface area contributed by atoms with Crippen LogP contribution >= 0.6 is 24.0 Å². The molecule has 0 amide bonds. The SMILES string of the molecule is CN1C=NN(C(S)c2cscn2)C1. The molecule has 1 aromatic heterocycles. The standard InChI is InChI=1S/C7H10N4S2/c1-10-3-9-11(5-10)7(12)6-2-13-4-8-6/h2-4,7,12H,5H2,1H3. The van der Waals surface area contributed by atoms with Gasteiger partial charge in [0.25, 0.3) is 0 Å². The van der Waals surface area contributed by atoms with Crippen LogP contribution in [0.5, 0.6) is 0 Å². The first kappa shape index (κ1) is 8.83. The summed E-state index contributed by atoms with van der Waals surface area (Å²) in [4.78, 5) is 6.19. The van der Waals surface area contributed by atoms with E-state index in [1.807, 2.05) is 27.8 Å². The Balaban J connectivity index is 2.06. The quantitative estimate of drug-likeness (QED) is 0.751. The maximum atomic E-state index is 4.45. The zero-order valence-corrected chi connectivity index (χ0v) is 8.87. The van der Waals surface area contributed by atoms with Gasteiger partial charge in [-0.1, -0.05) is 0 Å². The van der Waals surface area contributed by atoms with Gasteiger partial charge in [0.05, 0.1) is 11.2 Å². The molecule has 70 valence electrons. The van der Waals surface area contributed by atoms with E-state index in [1.165, 1.54) is 0 Å². The number of hydrazone groups is 1. The van der Waals surface area contributed by atoms with Crippen molar-refractivity contribution in [1.82, 2.24) is 14.9 Å². The predicted molar refractivity (Wildman–Crippen MR) is 56.8 cm³/mol. The van der Waals surface area contributed by atoms with Gasteiger partial charge in [-0.3, -0.25) is 5.01 Å². The van der Waals surface area contributed by atoms with Crippen molar-refractivity contribution in [3.8, 4) is 0 Å². The van der Waals surface area contributed by atoms with Gasteiger partial charge in [0, 0.05) is 12.4 Å². The highest BCUT2D eigenvalue weighted by Gasteiger charge is 2.20. The van der Waals surface area contributed by atoms with E-state index < -0.39 is 0 Å². The van der Waals surface area contributed by atoms with E-state index in [4.69, 9.17) is 0 Å². The number of aromatic nitrogens is 1. The fraction of sp³-hybridized carbons (Fsp3) is 0.429. The summed E-state index contributed by atoms with van der Waals surface area (Å²) in [6, 6.07) is 0. The molecule has 13 heavy (non-hydrogen) atoms. The summed E-state index contributed by atoms with van der Waals surface area (Å²) in [5.74, 6) is 0. The van der Waals surface area contributed by atoms with Crippen LogP contribution in [-0.2, 0) is 0 Å². The molecule has 2 heterocycles. The van der Waals surface area contributed by atoms with E-state index in [0.717, 1.165) is 12.4 Å². The first-order valence-electron chi connectivity index (χ1n) is 3.84. The molecular formula is C7H10N4S2. The normalized spacial score (nSPS) is 18.3. The van der Waals surface area contributed by atoms with Crippen LogP contribution in [0.2, 0.25) is 0 Å². The molecule has 2 rings (SSSR count). The summed E-state index contributed by atoms with van der Waals surface area (Å²) in [6.07, 6.45) is 1.79. The Morgan fingerprint density at radius 3 is 3.08 bits per heavy atom. The highest BCUT2D eigenvalue weighted by Crippen LogP contribution is 2.25. The van der Waals surface area contributed by atoms with E-state index in [1.54, 1.807) is 17.7 Å². The second kappa shape index (κ2) is 3.55. The molecule has 0 radical (unpaired) electrons. The van der Waals surface area contributed by atoms with Crippen LogP contribution in [0.1, 0.15) is 11.1 Å². The number of hydrogen-bond donors (Lipinski definition) is 1. The van der Waals surface area contributed by atoms with Crippen molar-refractivity contribution in [2.75, 3.05) is 13.7 Å². The molecule has 0 aromatic carbocycles. The van der Waals surface area contributed by atoms with Crippen LogP contribution < -0.4 is 0 Å². The average molecular weight is 214 g/mol.